The maximum atomic E-state index is 12.1. The minimum absolute atomic E-state index is 0.254. The van der Waals surface area contributed by atoms with E-state index in [0.717, 1.165) is 29.7 Å². The second-order valence-electron chi connectivity index (χ2n) is 6.89. The van der Waals surface area contributed by atoms with Gasteiger partial charge in [0.15, 0.2) is 0 Å². The molecule has 0 aliphatic heterocycles. The van der Waals surface area contributed by atoms with Gasteiger partial charge in [-0.3, -0.25) is 0 Å². The highest BCUT2D eigenvalue weighted by Crippen LogP contribution is 2.36. The van der Waals surface area contributed by atoms with E-state index in [1.165, 1.54) is 0 Å². The molecule has 0 unspecified atom stereocenters. The average molecular weight is 315 g/mol. The van der Waals surface area contributed by atoms with E-state index in [4.69, 9.17) is 4.42 Å². The molecule has 126 valence electrons. The summed E-state index contributed by atoms with van der Waals surface area (Å²) < 4.78 is 5.51. The molecule has 0 spiro atoms. The lowest BCUT2D eigenvalue weighted by Gasteiger charge is -2.26. The number of anilines is 1. The van der Waals surface area contributed by atoms with Crippen molar-refractivity contribution in [3.63, 3.8) is 0 Å². The third-order valence-electron chi connectivity index (χ3n) is 4.68. The molecule has 3 heteroatoms. The fourth-order valence-electron chi connectivity index (χ4n) is 3.73. The van der Waals surface area contributed by atoms with Crippen LogP contribution in [0.3, 0.4) is 0 Å². The van der Waals surface area contributed by atoms with E-state index >= 15 is 0 Å². The van der Waals surface area contributed by atoms with Crippen molar-refractivity contribution in [1.29, 1.82) is 0 Å². The average Bonchev–Trinajstić information content (AvgIpc) is 2.47. The summed E-state index contributed by atoms with van der Waals surface area (Å²) in [6, 6.07) is 7.94. The van der Waals surface area contributed by atoms with Crippen LogP contribution in [-0.2, 0) is 0 Å². The third kappa shape index (κ3) is 3.60. The summed E-state index contributed by atoms with van der Waals surface area (Å²) in [6.45, 7) is 15.0. The highest BCUT2D eigenvalue weighted by atomic mass is 16.4. The van der Waals surface area contributed by atoms with E-state index in [2.05, 4.69) is 58.6 Å². The Morgan fingerprint density at radius 3 is 2.13 bits per heavy atom. The molecule has 0 radical (unpaired) electrons. The quantitative estimate of drug-likeness (QED) is 0.701. The number of nitrogens with zero attached hydrogens (tertiary/aromatic N) is 1. The van der Waals surface area contributed by atoms with Crippen LogP contribution in [0.15, 0.2) is 33.5 Å². The van der Waals surface area contributed by atoms with Gasteiger partial charge in [-0.15, -0.1) is 0 Å². The first-order chi connectivity index (χ1) is 10.9. The molecule has 0 atom stereocenters. The molecule has 23 heavy (non-hydrogen) atoms. The van der Waals surface area contributed by atoms with E-state index in [9.17, 15) is 4.79 Å². The van der Waals surface area contributed by atoms with Gasteiger partial charge in [0, 0.05) is 36.3 Å². The highest BCUT2D eigenvalue weighted by Gasteiger charge is 2.23. The van der Waals surface area contributed by atoms with Gasteiger partial charge in [-0.05, 0) is 49.3 Å². The number of hydrogen-bond donors (Lipinski definition) is 0. The van der Waals surface area contributed by atoms with Crippen molar-refractivity contribution in [3.05, 3.63) is 40.2 Å². The molecular weight excluding hydrogens is 286 g/mol. The molecule has 0 aliphatic carbocycles. The van der Waals surface area contributed by atoms with E-state index < -0.39 is 0 Å². The van der Waals surface area contributed by atoms with Crippen molar-refractivity contribution in [3.8, 4) is 0 Å². The van der Waals surface area contributed by atoms with Gasteiger partial charge in [-0.1, -0.05) is 27.7 Å². The van der Waals surface area contributed by atoms with Gasteiger partial charge >= 0.3 is 5.63 Å². The van der Waals surface area contributed by atoms with E-state index in [1.807, 2.05) is 6.07 Å². The van der Waals surface area contributed by atoms with Crippen molar-refractivity contribution in [2.24, 2.45) is 11.8 Å². The topological polar surface area (TPSA) is 33.5 Å². The monoisotopic (exact) mass is 315 g/mol. The molecule has 0 bridgehead atoms. The van der Waals surface area contributed by atoms with Crippen LogP contribution in [0.4, 0.5) is 5.69 Å². The smallest absolute Gasteiger partial charge is 0.336 e. The fraction of sp³-hybridized carbons (Fsp3) is 0.550. The zero-order chi connectivity index (χ0) is 17.1. The number of hydrogen-bond acceptors (Lipinski definition) is 3. The maximum Gasteiger partial charge on any atom is 0.336 e. The minimum atomic E-state index is -0.254. The van der Waals surface area contributed by atoms with Gasteiger partial charge in [-0.25, -0.2) is 4.79 Å². The molecule has 1 heterocycles. The Morgan fingerprint density at radius 2 is 1.61 bits per heavy atom. The lowest BCUT2D eigenvalue weighted by atomic mass is 9.79. The summed E-state index contributed by atoms with van der Waals surface area (Å²) in [5.41, 5.74) is 2.67. The molecule has 2 aromatic rings. The summed E-state index contributed by atoms with van der Waals surface area (Å²) in [4.78, 5) is 14.4. The minimum Gasteiger partial charge on any atom is -0.423 e. The molecule has 0 aliphatic rings. The van der Waals surface area contributed by atoms with Crippen LogP contribution >= 0.6 is 0 Å². The van der Waals surface area contributed by atoms with Gasteiger partial charge < -0.3 is 9.32 Å². The Morgan fingerprint density at radius 1 is 1.00 bits per heavy atom. The maximum absolute atomic E-state index is 12.1. The number of fused-ring (bicyclic) bond motifs is 1. The Labute approximate surface area is 139 Å². The zero-order valence-corrected chi connectivity index (χ0v) is 15.2. The van der Waals surface area contributed by atoms with Crippen LogP contribution in [0.25, 0.3) is 11.0 Å². The lowest BCUT2D eigenvalue weighted by Crippen LogP contribution is -2.21. The summed E-state index contributed by atoms with van der Waals surface area (Å²) in [5.74, 6) is 1.30. The Balaban J connectivity index is 2.66. The van der Waals surface area contributed by atoms with Crippen molar-refractivity contribution in [2.45, 2.75) is 47.5 Å². The Bertz CT molecular complexity index is 703. The third-order valence-corrected chi connectivity index (χ3v) is 4.68. The first kappa shape index (κ1) is 17.6. The summed E-state index contributed by atoms with van der Waals surface area (Å²) in [7, 11) is 0. The fourth-order valence-corrected chi connectivity index (χ4v) is 3.73. The summed E-state index contributed by atoms with van der Waals surface area (Å²) in [6.07, 6.45) is 0. The zero-order valence-electron chi connectivity index (χ0n) is 15.2. The summed E-state index contributed by atoms with van der Waals surface area (Å²) >= 11 is 0. The van der Waals surface area contributed by atoms with E-state index in [1.54, 1.807) is 6.07 Å². The highest BCUT2D eigenvalue weighted by molar-refractivity contribution is 5.84. The Hall–Kier alpha value is -1.77. The van der Waals surface area contributed by atoms with Crippen LogP contribution in [0.2, 0.25) is 0 Å². The largest absolute Gasteiger partial charge is 0.423 e. The summed E-state index contributed by atoms with van der Waals surface area (Å²) in [5, 5.41) is 1.06. The predicted molar refractivity (Wildman–Crippen MR) is 98.5 cm³/mol. The van der Waals surface area contributed by atoms with Crippen LogP contribution in [0, 0.1) is 11.8 Å². The van der Waals surface area contributed by atoms with E-state index in [-0.39, 0.29) is 5.63 Å². The van der Waals surface area contributed by atoms with Crippen molar-refractivity contribution >= 4 is 16.7 Å². The molecular formula is C20H29NO2. The van der Waals surface area contributed by atoms with Crippen LogP contribution in [0.5, 0.6) is 0 Å². The lowest BCUT2D eigenvalue weighted by molar-refractivity contribution is 0.387. The molecule has 0 amide bonds. The van der Waals surface area contributed by atoms with Gasteiger partial charge in [0.25, 0.3) is 0 Å². The van der Waals surface area contributed by atoms with Crippen LogP contribution < -0.4 is 10.5 Å². The standard InChI is InChI=1S/C20H29NO2/c1-7-21(8-2)15-9-10-16-17(20(13(3)4)14(5)6)12-19(22)23-18(16)11-15/h9-14,20H,7-8H2,1-6H3. The van der Waals surface area contributed by atoms with Crippen molar-refractivity contribution in [2.75, 3.05) is 18.0 Å². The second-order valence-corrected chi connectivity index (χ2v) is 6.89. The molecule has 0 N–H and O–H groups in total. The molecule has 3 nitrogen and oxygen atoms in total. The molecule has 0 saturated heterocycles. The SMILES string of the molecule is CCN(CC)c1ccc2c(C(C(C)C)C(C)C)cc(=O)oc2c1. The van der Waals surface area contributed by atoms with E-state index in [0.29, 0.717) is 23.3 Å². The molecule has 0 fully saturated rings. The molecule has 2 rings (SSSR count). The van der Waals surface area contributed by atoms with Gasteiger partial charge in [0.05, 0.1) is 0 Å². The first-order valence-corrected chi connectivity index (χ1v) is 8.71. The number of rotatable bonds is 6. The Kier molecular flexibility index (Phi) is 5.51. The van der Waals surface area contributed by atoms with Gasteiger partial charge in [-0.2, -0.15) is 0 Å². The van der Waals surface area contributed by atoms with Gasteiger partial charge in [0.2, 0.25) is 0 Å². The van der Waals surface area contributed by atoms with Crippen molar-refractivity contribution in [1.82, 2.24) is 0 Å². The van der Waals surface area contributed by atoms with Crippen LogP contribution in [0.1, 0.15) is 53.0 Å². The molecule has 0 saturated carbocycles. The number of benzene rings is 1. The van der Waals surface area contributed by atoms with Gasteiger partial charge in [0.1, 0.15) is 5.58 Å². The molecule has 1 aromatic carbocycles. The molecule has 1 aromatic heterocycles. The van der Waals surface area contributed by atoms with Crippen molar-refractivity contribution < 1.29 is 4.42 Å². The second kappa shape index (κ2) is 7.20. The predicted octanol–water partition coefficient (Wildman–Crippen LogP) is 5.03. The normalized spacial score (nSPS) is 11.9. The first-order valence-electron chi connectivity index (χ1n) is 8.71. The van der Waals surface area contributed by atoms with Crippen LogP contribution in [-0.4, -0.2) is 13.1 Å².